The van der Waals surface area contributed by atoms with Gasteiger partial charge in [-0.25, -0.2) is 0 Å². The monoisotopic (exact) mass is 427 g/mol. The molecular weight excluding hydrogens is 394 g/mol. The Morgan fingerprint density at radius 2 is 1.97 bits per heavy atom. The minimum Gasteiger partial charge on any atom is -0.353 e. The van der Waals surface area contributed by atoms with Gasteiger partial charge in [-0.2, -0.15) is 0 Å². The van der Waals surface area contributed by atoms with E-state index in [0.29, 0.717) is 19.3 Å². The predicted octanol–water partition coefficient (Wildman–Crippen LogP) is 2.45. The van der Waals surface area contributed by atoms with E-state index >= 15 is 0 Å². The van der Waals surface area contributed by atoms with Gasteiger partial charge < -0.3 is 20.3 Å². The summed E-state index contributed by atoms with van der Waals surface area (Å²) in [6.07, 6.45) is 4.01. The number of amides is 3. The molecule has 2 saturated heterocycles. The van der Waals surface area contributed by atoms with E-state index in [4.69, 9.17) is 4.74 Å². The van der Waals surface area contributed by atoms with Crippen LogP contribution in [-0.4, -0.2) is 47.0 Å². The highest BCUT2D eigenvalue weighted by Crippen LogP contribution is 2.34. The lowest BCUT2D eigenvalue weighted by molar-refractivity contribution is -0.179. The average molecular weight is 428 g/mol. The van der Waals surface area contributed by atoms with Gasteiger partial charge in [-0.15, -0.1) is 0 Å². The van der Waals surface area contributed by atoms with Crippen molar-refractivity contribution >= 4 is 17.7 Å². The highest BCUT2D eigenvalue weighted by atomic mass is 16.5. The summed E-state index contributed by atoms with van der Waals surface area (Å²) >= 11 is 0. The Morgan fingerprint density at radius 3 is 2.74 bits per heavy atom. The van der Waals surface area contributed by atoms with Crippen molar-refractivity contribution in [3.05, 3.63) is 35.4 Å². The first-order valence-electron chi connectivity index (χ1n) is 11.6. The number of rotatable bonds is 5. The molecule has 7 nitrogen and oxygen atoms in total. The van der Waals surface area contributed by atoms with Crippen LogP contribution in [-0.2, 0) is 25.5 Å². The Balaban J connectivity index is 1.47. The molecule has 0 spiro atoms. The molecule has 1 aromatic carbocycles. The molecule has 168 valence electrons. The molecule has 2 heterocycles. The lowest BCUT2D eigenvalue weighted by Gasteiger charge is -2.41. The summed E-state index contributed by atoms with van der Waals surface area (Å²) < 4.78 is 6.04. The van der Waals surface area contributed by atoms with Crippen molar-refractivity contribution in [2.24, 2.45) is 5.92 Å². The van der Waals surface area contributed by atoms with Gasteiger partial charge >= 0.3 is 0 Å². The van der Waals surface area contributed by atoms with Gasteiger partial charge in [-0.1, -0.05) is 38.1 Å². The van der Waals surface area contributed by atoms with Gasteiger partial charge in [-0.05, 0) is 56.6 Å². The van der Waals surface area contributed by atoms with E-state index in [0.717, 1.165) is 19.3 Å². The molecule has 0 bridgehead atoms. The highest BCUT2D eigenvalue weighted by molar-refractivity contribution is 5.94. The van der Waals surface area contributed by atoms with Gasteiger partial charge in [-0.3, -0.25) is 14.4 Å². The second-order valence-electron chi connectivity index (χ2n) is 9.08. The van der Waals surface area contributed by atoms with Crippen LogP contribution < -0.4 is 10.6 Å². The number of nitrogens with one attached hydrogen (secondary N) is 2. The van der Waals surface area contributed by atoms with Crippen molar-refractivity contribution in [1.82, 2.24) is 15.5 Å². The molecule has 7 heteroatoms. The third kappa shape index (κ3) is 4.20. The Labute approximate surface area is 183 Å². The number of hydrogen-bond acceptors (Lipinski definition) is 4. The van der Waals surface area contributed by atoms with Crippen molar-refractivity contribution < 1.29 is 19.1 Å². The van der Waals surface area contributed by atoms with Crippen molar-refractivity contribution in [2.75, 3.05) is 0 Å². The summed E-state index contributed by atoms with van der Waals surface area (Å²) in [5.41, 5.74) is 2.45. The van der Waals surface area contributed by atoms with E-state index in [9.17, 15) is 14.4 Å². The smallest absolute Gasteiger partial charge is 0.250 e. The number of carbonyl (C=O) groups is 3. The molecule has 3 aliphatic rings. The third-order valence-corrected chi connectivity index (χ3v) is 7.04. The molecular formula is C24H33N3O4. The van der Waals surface area contributed by atoms with E-state index in [2.05, 4.69) is 22.8 Å². The fraction of sp³-hybridized carbons (Fsp3) is 0.625. The van der Waals surface area contributed by atoms with E-state index in [-0.39, 0.29) is 29.7 Å². The first-order chi connectivity index (χ1) is 14.9. The van der Waals surface area contributed by atoms with Crippen LogP contribution in [0.15, 0.2) is 24.3 Å². The number of hydrogen-bond donors (Lipinski definition) is 2. The standard InChI is InChI=1S/C24H33N3O4/c1-4-14(2)22(28)26-21-15(3)31-20-13-12-19(27(20)24(21)30)23(29)25-18-11-7-9-16-8-5-6-10-17(16)18/h5-6,8,10,14-15,18-21H,4,7,9,11-13H2,1-3H3,(H,25,29)(H,26,28)/t14-,15-,18?,19?,20?,21+/m1/s1. The van der Waals surface area contributed by atoms with Gasteiger partial charge in [0.05, 0.1) is 12.1 Å². The zero-order valence-corrected chi connectivity index (χ0v) is 18.6. The normalized spacial score (nSPS) is 30.9. The molecule has 0 saturated carbocycles. The first-order valence-corrected chi connectivity index (χ1v) is 11.6. The van der Waals surface area contributed by atoms with E-state index in [1.165, 1.54) is 11.1 Å². The van der Waals surface area contributed by atoms with Crippen LogP contribution in [0.3, 0.4) is 0 Å². The number of fused-ring (bicyclic) bond motifs is 2. The molecule has 0 aromatic heterocycles. The largest absolute Gasteiger partial charge is 0.353 e. The molecule has 1 aromatic rings. The van der Waals surface area contributed by atoms with Crippen LogP contribution in [0.2, 0.25) is 0 Å². The maximum atomic E-state index is 13.3. The lowest BCUT2D eigenvalue weighted by Crippen LogP contribution is -2.64. The van der Waals surface area contributed by atoms with Crippen molar-refractivity contribution in [3.8, 4) is 0 Å². The number of aryl methyl sites for hydroxylation is 1. The van der Waals surface area contributed by atoms with Crippen LogP contribution in [0.25, 0.3) is 0 Å². The second kappa shape index (κ2) is 8.99. The van der Waals surface area contributed by atoms with Crippen LogP contribution >= 0.6 is 0 Å². The maximum Gasteiger partial charge on any atom is 0.250 e. The topological polar surface area (TPSA) is 87.7 Å². The molecule has 2 fully saturated rings. The summed E-state index contributed by atoms with van der Waals surface area (Å²) in [4.78, 5) is 40.5. The van der Waals surface area contributed by atoms with Crippen molar-refractivity contribution in [2.45, 2.75) is 89.8 Å². The summed E-state index contributed by atoms with van der Waals surface area (Å²) in [5.74, 6) is -0.694. The van der Waals surface area contributed by atoms with E-state index in [1.807, 2.05) is 32.9 Å². The van der Waals surface area contributed by atoms with Gasteiger partial charge in [0.25, 0.3) is 5.91 Å². The Kier molecular flexibility index (Phi) is 6.32. The van der Waals surface area contributed by atoms with Crippen LogP contribution in [0.5, 0.6) is 0 Å². The molecule has 2 N–H and O–H groups in total. The molecule has 3 amide bonds. The number of nitrogens with zero attached hydrogens (tertiary/aromatic N) is 1. The average Bonchev–Trinajstić information content (AvgIpc) is 3.20. The van der Waals surface area contributed by atoms with Crippen LogP contribution in [0.1, 0.15) is 70.0 Å². The Morgan fingerprint density at radius 1 is 1.19 bits per heavy atom. The molecule has 0 radical (unpaired) electrons. The number of carbonyl (C=O) groups excluding carboxylic acids is 3. The van der Waals surface area contributed by atoms with Crippen molar-refractivity contribution in [3.63, 3.8) is 0 Å². The van der Waals surface area contributed by atoms with Crippen LogP contribution in [0, 0.1) is 5.92 Å². The van der Waals surface area contributed by atoms with Gasteiger partial charge in [0.15, 0.2) is 0 Å². The fourth-order valence-electron chi connectivity index (χ4n) is 4.99. The SMILES string of the molecule is CC[C@@H](C)C(=O)N[C@@H]1C(=O)N2C(CCC2C(=O)NC2CCCc3ccccc32)O[C@@H]1C. The quantitative estimate of drug-likeness (QED) is 0.756. The first kappa shape index (κ1) is 21.8. The molecule has 3 unspecified atom stereocenters. The molecule has 1 aliphatic carbocycles. The van der Waals surface area contributed by atoms with E-state index < -0.39 is 24.4 Å². The fourth-order valence-corrected chi connectivity index (χ4v) is 4.99. The third-order valence-electron chi connectivity index (χ3n) is 7.04. The minimum atomic E-state index is -0.762. The predicted molar refractivity (Wildman–Crippen MR) is 116 cm³/mol. The van der Waals surface area contributed by atoms with Gasteiger partial charge in [0.1, 0.15) is 18.3 Å². The zero-order chi connectivity index (χ0) is 22.1. The molecule has 31 heavy (non-hydrogen) atoms. The lowest BCUT2D eigenvalue weighted by atomic mass is 9.87. The molecule has 2 aliphatic heterocycles. The maximum absolute atomic E-state index is 13.3. The van der Waals surface area contributed by atoms with Gasteiger partial charge in [0.2, 0.25) is 11.8 Å². The molecule has 6 atom stereocenters. The Bertz CT molecular complexity index is 857. The Hall–Kier alpha value is -2.41. The highest BCUT2D eigenvalue weighted by Gasteiger charge is 2.50. The number of benzene rings is 1. The number of ether oxygens (including phenoxy) is 1. The van der Waals surface area contributed by atoms with Crippen molar-refractivity contribution in [1.29, 1.82) is 0 Å². The zero-order valence-electron chi connectivity index (χ0n) is 18.6. The second-order valence-corrected chi connectivity index (χ2v) is 9.08. The summed E-state index contributed by atoms with van der Waals surface area (Å²) in [6.45, 7) is 5.58. The summed E-state index contributed by atoms with van der Waals surface area (Å²) in [7, 11) is 0. The summed E-state index contributed by atoms with van der Waals surface area (Å²) in [5, 5.41) is 6.04. The summed E-state index contributed by atoms with van der Waals surface area (Å²) in [6, 6.07) is 6.87. The van der Waals surface area contributed by atoms with E-state index in [1.54, 1.807) is 4.90 Å². The minimum absolute atomic E-state index is 0.0304. The van der Waals surface area contributed by atoms with Gasteiger partial charge in [0, 0.05) is 5.92 Å². The van der Waals surface area contributed by atoms with Crippen LogP contribution in [0.4, 0.5) is 0 Å². The molecule has 4 rings (SSSR count).